The Morgan fingerprint density at radius 2 is 2.00 bits per heavy atom. The molecule has 0 spiro atoms. The minimum atomic E-state index is 0.744. The van der Waals surface area contributed by atoms with Crippen molar-refractivity contribution in [1.29, 1.82) is 0 Å². The molecular weight excluding hydrogens is 280 g/mol. The Bertz CT molecular complexity index is 802. The van der Waals surface area contributed by atoms with E-state index in [1.54, 1.807) is 4.57 Å². The number of rotatable bonds is 3. The molecular formula is C18H17ClN2. The molecule has 21 heavy (non-hydrogen) atoms. The Balaban J connectivity index is 2.23. The van der Waals surface area contributed by atoms with E-state index < -0.39 is 0 Å². The molecule has 1 aromatic heterocycles. The van der Waals surface area contributed by atoms with Crippen LogP contribution in [0, 0.1) is 14.0 Å². The third-order valence-corrected chi connectivity index (χ3v) is 4.05. The van der Waals surface area contributed by atoms with Crippen molar-refractivity contribution in [3.05, 3.63) is 59.9 Å². The first-order valence-corrected chi connectivity index (χ1v) is 7.51. The van der Waals surface area contributed by atoms with Gasteiger partial charge in [0.05, 0.1) is 18.1 Å². The van der Waals surface area contributed by atoms with Gasteiger partial charge in [0.25, 0.3) is 0 Å². The summed E-state index contributed by atoms with van der Waals surface area (Å²) in [7, 11) is 6.20. The van der Waals surface area contributed by atoms with Gasteiger partial charge in [-0.1, -0.05) is 36.7 Å². The van der Waals surface area contributed by atoms with Gasteiger partial charge < -0.3 is 4.57 Å². The molecule has 3 heteroatoms. The minimum absolute atomic E-state index is 0.744. The summed E-state index contributed by atoms with van der Waals surface area (Å²) in [5.74, 6) is 0.923. The van der Waals surface area contributed by atoms with Gasteiger partial charge >= 0.3 is 0 Å². The van der Waals surface area contributed by atoms with Gasteiger partial charge in [-0.15, -0.1) is 0 Å². The lowest BCUT2D eigenvalue weighted by molar-refractivity contribution is 0.817. The molecule has 106 valence electrons. The maximum atomic E-state index is 6.30. The zero-order valence-electron chi connectivity index (χ0n) is 12.2. The number of imidazole rings is 1. The number of aromatic nitrogens is 2. The molecule has 0 aliphatic heterocycles. The van der Waals surface area contributed by atoms with Gasteiger partial charge in [0.1, 0.15) is 5.82 Å². The van der Waals surface area contributed by atoms with Crippen LogP contribution in [0.1, 0.15) is 24.7 Å². The molecule has 0 amide bonds. The third-order valence-electron chi connectivity index (χ3n) is 3.72. The molecule has 3 rings (SSSR count). The van der Waals surface area contributed by atoms with Crippen LogP contribution in [0.4, 0.5) is 0 Å². The van der Waals surface area contributed by atoms with E-state index in [-0.39, 0.29) is 0 Å². The summed E-state index contributed by atoms with van der Waals surface area (Å²) in [4.78, 5) is 4.66. The maximum Gasteiger partial charge on any atom is 0.110 e. The Labute approximate surface area is 130 Å². The molecule has 3 aromatic rings. The van der Waals surface area contributed by atoms with Crippen molar-refractivity contribution in [2.45, 2.75) is 26.7 Å². The van der Waals surface area contributed by atoms with Gasteiger partial charge in [-0.25, -0.2) is 4.98 Å². The van der Waals surface area contributed by atoms with Crippen LogP contribution in [0.3, 0.4) is 0 Å². The van der Waals surface area contributed by atoms with E-state index in [0.717, 1.165) is 51.4 Å². The third kappa shape index (κ3) is 2.44. The van der Waals surface area contributed by atoms with Crippen LogP contribution in [0.15, 0.2) is 36.4 Å². The molecule has 1 heterocycles. The Hall–Kier alpha value is -1.80. The molecule has 0 saturated heterocycles. The molecule has 2 aromatic carbocycles. The number of hydrogen-bond donors (Lipinski definition) is 0. The Morgan fingerprint density at radius 3 is 2.71 bits per heavy atom. The highest BCUT2D eigenvalue weighted by molar-refractivity contribution is 6.33. The van der Waals surface area contributed by atoms with Gasteiger partial charge in [-0.3, -0.25) is 0 Å². The number of benzene rings is 2. The van der Waals surface area contributed by atoms with Crippen molar-refractivity contribution < 1.29 is 0 Å². The smallest absolute Gasteiger partial charge is 0.110 e. The van der Waals surface area contributed by atoms with Crippen molar-refractivity contribution in [3.63, 3.8) is 0 Å². The van der Waals surface area contributed by atoms with E-state index in [1.807, 2.05) is 24.3 Å². The average molecular weight is 297 g/mol. The molecule has 0 saturated carbocycles. The van der Waals surface area contributed by atoms with Crippen molar-refractivity contribution in [1.82, 2.24) is 9.55 Å². The van der Waals surface area contributed by atoms with E-state index >= 15 is 0 Å². The van der Waals surface area contributed by atoms with Crippen LogP contribution in [0.25, 0.3) is 22.2 Å². The number of halogens is 1. The molecule has 0 fully saturated rings. The Kier molecular flexibility index (Phi) is 3.73. The number of hydrogen-bond acceptors (Lipinski definition) is 1. The van der Waals surface area contributed by atoms with E-state index in [4.69, 9.17) is 18.6 Å². The molecule has 0 unspecified atom stereocenters. The zero-order chi connectivity index (χ0) is 15.0. The number of fused-ring (bicyclic) bond motifs is 1. The highest BCUT2D eigenvalue weighted by Crippen LogP contribution is 2.32. The average Bonchev–Trinajstić information content (AvgIpc) is 2.78. The van der Waals surface area contributed by atoms with Crippen LogP contribution in [-0.2, 0) is 6.42 Å². The zero-order valence-corrected chi connectivity index (χ0v) is 13.0. The van der Waals surface area contributed by atoms with Gasteiger partial charge in [0.15, 0.2) is 0 Å². The molecule has 0 aliphatic rings. The summed E-state index contributed by atoms with van der Waals surface area (Å²) in [5, 5.41) is 0.744. The van der Waals surface area contributed by atoms with Crippen LogP contribution in [-0.4, -0.2) is 9.55 Å². The summed E-state index contributed by atoms with van der Waals surface area (Å²) < 4.78 is 1.70. The highest BCUT2D eigenvalue weighted by atomic mass is 35.5. The van der Waals surface area contributed by atoms with Gasteiger partial charge in [-0.05, 0) is 42.7 Å². The number of nitrogens with zero attached hydrogens (tertiary/aromatic N) is 2. The van der Waals surface area contributed by atoms with E-state index in [0.29, 0.717) is 0 Å². The lowest BCUT2D eigenvalue weighted by Crippen LogP contribution is -1.94. The van der Waals surface area contributed by atoms with Crippen molar-refractivity contribution in [2.75, 3.05) is 0 Å². The molecule has 0 aliphatic carbocycles. The van der Waals surface area contributed by atoms with Crippen molar-refractivity contribution >= 4 is 22.6 Å². The molecule has 2 nitrogen and oxygen atoms in total. The second kappa shape index (κ2) is 5.53. The lowest BCUT2D eigenvalue weighted by atomic mass is 10.0. The monoisotopic (exact) mass is 296 g/mol. The first-order valence-electron chi connectivity index (χ1n) is 7.13. The SMILES string of the molecule is [CH]n1c(CCC)nc2c(C)cc(-c3ccccc3Cl)cc21. The number of aryl methyl sites for hydroxylation is 2. The van der Waals surface area contributed by atoms with E-state index in [9.17, 15) is 0 Å². The fourth-order valence-corrected chi connectivity index (χ4v) is 2.91. The fraction of sp³-hybridized carbons (Fsp3) is 0.222. The van der Waals surface area contributed by atoms with Crippen LogP contribution in [0.2, 0.25) is 5.02 Å². The first-order chi connectivity index (χ1) is 10.1. The summed E-state index contributed by atoms with van der Waals surface area (Å²) in [6, 6.07) is 12.0. The van der Waals surface area contributed by atoms with E-state index in [1.165, 1.54) is 0 Å². The molecule has 2 radical (unpaired) electrons. The minimum Gasteiger partial charge on any atom is -0.320 e. The standard InChI is InChI=1S/C18H17ClN2/c1-4-7-17-20-18-12(2)10-13(11-16(18)21(17)3)14-8-5-6-9-15(14)19/h3,5-6,8-11H,4,7H2,1-2H3. The van der Waals surface area contributed by atoms with Crippen LogP contribution in [0.5, 0.6) is 0 Å². The largest absolute Gasteiger partial charge is 0.320 e. The highest BCUT2D eigenvalue weighted by Gasteiger charge is 2.12. The van der Waals surface area contributed by atoms with Gasteiger partial charge in [0, 0.05) is 17.0 Å². The van der Waals surface area contributed by atoms with E-state index in [2.05, 4.69) is 31.0 Å². The second-order valence-corrected chi connectivity index (χ2v) is 5.70. The molecule has 0 atom stereocenters. The maximum absolute atomic E-state index is 6.30. The summed E-state index contributed by atoms with van der Waals surface area (Å²) >= 11 is 6.30. The topological polar surface area (TPSA) is 17.8 Å². The van der Waals surface area contributed by atoms with Crippen molar-refractivity contribution in [2.24, 2.45) is 0 Å². The predicted octanol–water partition coefficient (Wildman–Crippen LogP) is 5.13. The lowest BCUT2D eigenvalue weighted by Gasteiger charge is -2.07. The fourth-order valence-electron chi connectivity index (χ4n) is 2.66. The molecule has 0 bridgehead atoms. The van der Waals surface area contributed by atoms with Gasteiger partial charge in [-0.2, -0.15) is 0 Å². The Morgan fingerprint density at radius 1 is 1.24 bits per heavy atom. The normalized spacial score (nSPS) is 11.2. The molecule has 0 N–H and O–H groups in total. The second-order valence-electron chi connectivity index (χ2n) is 5.29. The summed E-state index contributed by atoms with van der Waals surface area (Å²) in [5.41, 5.74) is 5.12. The van der Waals surface area contributed by atoms with Gasteiger partial charge in [0.2, 0.25) is 0 Å². The van der Waals surface area contributed by atoms with Crippen molar-refractivity contribution in [3.8, 4) is 11.1 Å². The van der Waals surface area contributed by atoms with Crippen LogP contribution >= 0.6 is 11.6 Å². The quantitative estimate of drug-likeness (QED) is 0.655. The predicted molar refractivity (Wildman–Crippen MR) is 88.6 cm³/mol. The summed E-state index contributed by atoms with van der Waals surface area (Å²) in [6.07, 6.45) is 1.91. The first kappa shape index (κ1) is 14.2. The summed E-state index contributed by atoms with van der Waals surface area (Å²) in [6.45, 7) is 4.19. The van der Waals surface area contributed by atoms with Crippen LogP contribution < -0.4 is 0 Å².